The number of fused-ring (bicyclic) bond motifs is 2. The number of aromatic hydroxyl groups is 1. The maximum atomic E-state index is 10.8. The molecule has 28 heavy (non-hydrogen) atoms. The minimum Gasteiger partial charge on any atom is -0.508 e. The fourth-order valence-corrected chi connectivity index (χ4v) is 3.71. The van der Waals surface area contributed by atoms with E-state index in [1.165, 1.54) is 0 Å². The van der Waals surface area contributed by atoms with E-state index in [0.29, 0.717) is 5.95 Å². The number of hydrogen-bond acceptors (Lipinski definition) is 3. The molecule has 0 saturated carbocycles. The molecule has 4 aromatic carbocycles. The smallest absolute Gasteiger partial charge is 0.201 e. The standard InChI is InChI=1S/C24H19N3O/c28-21-15-14-16-8-4-5-11-18(16)22(21)23(17-9-2-1-3-10-17)27-24-25-19-12-6-7-13-20(19)26-24/h1-15,23,28H,(H2,25,26,27). The van der Waals surface area contributed by atoms with E-state index in [-0.39, 0.29) is 11.8 Å². The summed E-state index contributed by atoms with van der Waals surface area (Å²) < 4.78 is 0. The minimum absolute atomic E-state index is 0.257. The SMILES string of the molecule is Oc1ccc2ccccc2c1C(Nc1nc2ccccc2[nH]1)c1ccccc1. The molecule has 0 spiro atoms. The van der Waals surface area contributed by atoms with Crippen LogP contribution < -0.4 is 5.32 Å². The Morgan fingerprint density at radius 3 is 2.39 bits per heavy atom. The van der Waals surface area contributed by atoms with Crippen LogP contribution in [0.15, 0.2) is 91.0 Å². The number of nitrogens with one attached hydrogen (secondary N) is 2. The first-order chi connectivity index (χ1) is 13.8. The summed E-state index contributed by atoms with van der Waals surface area (Å²) in [6.45, 7) is 0. The number of hydrogen-bond donors (Lipinski definition) is 3. The summed E-state index contributed by atoms with van der Waals surface area (Å²) in [6, 6.07) is 29.6. The molecule has 5 aromatic rings. The van der Waals surface area contributed by atoms with Crippen LogP contribution in [0.25, 0.3) is 21.8 Å². The van der Waals surface area contributed by atoms with Crippen LogP contribution >= 0.6 is 0 Å². The third-order valence-corrected chi connectivity index (χ3v) is 5.04. The highest BCUT2D eigenvalue weighted by Gasteiger charge is 2.21. The Labute approximate surface area is 162 Å². The van der Waals surface area contributed by atoms with Gasteiger partial charge in [0.15, 0.2) is 0 Å². The summed E-state index contributed by atoms with van der Waals surface area (Å²) in [5.74, 6) is 0.929. The molecule has 0 bridgehead atoms. The van der Waals surface area contributed by atoms with Crippen LogP contribution in [-0.4, -0.2) is 15.1 Å². The molecule has 0 aliphatic carbocycles. The number of para-hydroxylation sites is 2. The predicted octanol–water partition coefficient (Wildman–Crippen LogP) is 5.62. The number of imidazole rings is 1. The lowest BCUT2D eigenvalue weighted by atomic mass is 9.93. The van der Waals surface area contributed by atoms with Crippen molar-refractivity contribution in [1.29, 1.82) is 0 Å². The molecule has 0 amide bonds. The molecule has 1 aromatic heterocycles. The quantitative estimate of drug-likeness (QED) is 0.387. The molecule has 1 unspecified atom stereocenters. The lowest BCUT2D eigenvalue weighted by Gasteiger charge is -2.22. The average Bonchev–Trinajstić information content (AvgIpc) is 3.16. The molecule has 0 aliphatic heterocycles. The number of rotatable bonds is 4. The van der Waals surface area contributed by atoms with Gasteiger partial charge in [-0.2, -0.15) is 0 Å². The summed E-state index contributed by atoms with van der Waals surface area (Å²) >= 11 is 0. The van der Waals surface area contributed by atoms with Gasteiger partial charge in [0.25, 0.3) is 0 Å². The Kier molecular flexibility index (Phi) is 3.95. The summed E-state index contributed by atoms with van der Waals surface area (Å²) in [5, 5.41) is 16.4. The second-order valence-corrected chi connectivity index (χ2v) is 6.81. The Balaban J connectivity index is 1.69. The van der Waals surface area contributed by atoms with E-state index in [2.05, 4.69) is 33.5 Å². The van der Waals surface area contributed by atoms with E-state index in [0.717, 1.165) is 32.9 Å². The molecule has 4 nitrogen and oxygen atoms in total. The van der Waals surface area contributed by atoms with Gasteiger partial charge in [-0.25, -0.2) is 4.98 Å². The van der Waals surface area contributed by atoms with Gasteiger partial charge < -0.3 is 15.4 Å². The second kappa shape index (κ2) is 6.74. The van der Waals surface area contributed by atoms with Crippen molar-refractivity contribution in [3.8, 4) is 5.75 Å². The normalized spacial score (nSPS) is 12.3. The van der Waals surface area contributed by atoms with Crippen molar-refractivity contribution < 1.29 is 5.11 Å². The third-order valence-electron chi connectivity index (χ3n) is 5.04. The number of phenols is 1. The molecule has 4 heteroatoms. The molecule has 0 aliphatic rings. The number of H-pyrrole nitrogens is 1. The summed E-state index contributed by atoms with van der Waals surface area (Å²) in [5.41, 5.74) is 3.76. The zero-order valence-corrected chi connectivity index (χ0v) is 15.1. The van der Waals surface area contributed by atoms with Gasteiger partial charge in [0.05, 0.1) is 17.1 Å². The van der Waals surface area contributed by atoms with Crippen LogP contribution in [-0.2, 0) is 0 Å². The average molecular weight is 365 g/mol. The molecule has 136 valence electrons. The molecular formula is C24H19N3O. The van der Waals surface area contributed by atoms with Crippen molar-refractivity contribution in [1.82, 2.24) is 9.97 Å². The Hall–Kier alpha value is -3.79. The number of aromatic amines is 1. The fraction of sp³-hybridized carbons (Fsp3) is 0.0417. The number of aromatic nitrogens is 2. The van der Waals surface area contributed by atoms with Gasteiger partial charge in [0.2, 0.25) is 5.95 Å². The predicted molar refractivity (Wildman–Crippen MR) is 114 cm³/mol. The van der Waals surface area contributed by atoms with Gasteiger partial charge in [-0.1, -0.05) is 72.8 Å². The van der Waals surface area contributed by atoms with Crippen molar-refractivity contribution in [2.45, 2.75) is 6.04 Å². The van der Waals surface area contributed by atoms with Crippen molar-refractivity contribution in [2.75, 3.05) is 5.32 Å². The molecule has 5 rings (SSSR count). The van der Waals surface area contributed by atoms with Crippen LogP contribution in [0.2, 0.25) is 0 Å². The second-order valence-electron chi connectivity index (χ2n) is 6.81. The van der Waals surface area contributed by atoms with Gasteiger partial charge in [0.1, 0.15) is 5.75 Å². The topological polar surface area (TPSA) is 60.9 Å². The van der Waals surface area contributed by atoms with Gasteiger partial charge in [-0.3, -0.25) is 0 Å². The molecule has 1 heterocycles. The zero-order valence-electron chi connectivity index (χ0n) is 15.1. The van der Waals surface area contributed by atoms with Crippen LogP contribution in [0, 0.1) is 0 Å². The zero-order chi connectivity index (χ0) is 18.9. The largest absolute Gasteiger partial charge is 0.508 e. The van der Waals surface area contributed by atoms with Crippen molar-refractivity contribution in [2.24, 2.45) is 0 Å². The van der Waals surface area contributed by atoms with Crippen LogP contribution in [0.5, 0.6) is 5.75 Å². The van der Waals surface area contributed by atoms with E-state index in [4.69, 9.17) is 0 Å². The Morgan fingerprint density at radius 1 is 0.786 bits per heavy atom. The summed E-state index contributed by atoms with van der Waals surface area (Å²) in [6.07, 6.45) is 0. The summed E-state index contributed by atoms with van der Waals surface area (Å²) in [7, 11) is 0. The number of nitrogens with zero attached hydrogens (tertiary/aromatic N) is 1. The highest BCUT2D eigenvalue weighted by Crippen LogP contribution is 2.37. The van der Waals surface area contributed by atoms with Crippen LogP contribution in [0.3, 0.4) is 0 Å². The lowest BCUT2D eigenvalue weighted by Crippen LogP contribution is -2.14. The van der Waals surface area contributed by atoms with Gasteiger partial charge in [-0.15, -0.1) is 0 Å². The molecule has 0 saturated heterocycles. The van der Waals surface area contributed by atoms with E-state index in [1.54, 1.807) is 6.07 Å². The monoisotopic (exact) mass is 365 g/mol. The Bertz CT molecular complexity index is 1230. The molecular weight excluding hydrogens is 346 g/mol. The maximum absolute atomic E-state index is 10.8. The van der Waals surface area contributed by atoms with E-state index in [1.807, 2.05) is 66.7 Å². The molecule has 0 radical (unpaired) electrons. The van der Waals surface area contributed by atoms with E-state index in [9.17, 15) is 5.11 Å². The first-order valence-corrected chi connectivity index (χ1v) is 9.26. The Morgan fingerprint density at radius 2 is 1.54 bits per heavy atom. The minimum atomic E-state index is -0.257. The highest BCUT2D eigenvalue weighted by atomic mass is 16.3. The molecule has 1 atom stereocenters. The number of benzene rings is 4. The molecule has 3 N–H and O–H groups in total. The maximum Gasteiger partial charge on any atom is 0.201 e. The summed E-state index contributed by atoms with van der Waals surface area (Å²) in [4.78, 5) is 7.99. The van der Waals surface area contributed by atoms with Gasteiger partial charge in [-0.05, 0) is 34.5 Å². The van der Waals surface area contributed by atoms with E-state index >= 15 is 0 Å². The van der Waals surface area contributed by atoms with Crippen molar-refractivity contribution in [3.05, 3.63) is 102 Å². The first-order valence-electron chi connectivity index (χ1n) is 9.26. The van der Waals surface area contributed by atoms with Crippen molar-refractivity contribution >= 4 is 27.8 Å². The third kappa shape index (κ3) is 2.85. The number of phenolic OH excluding ortho intramolecular Hbond substituents is 1. The van der Waals surface area contributed by atoms with E-state index < -0.39 is 0 Å². The fourth-order valence-electron chi connectivity index (χ4n) is 3.71. The van der Waals surface area contributed by atoms with Gasteiger partial charge in [0, 0.05) is 5.56 Å². The van der Waals surface area contributed by atoms with Crippen molar-refractivity contribution in [3.63, 3.8) is 0 Å². The first kappa shape index (κ1) is 16.4. The lowest BCUT2D eigenvalue weighted by molar-refractivity contribution is 0.468. The van der Waals surface area contributed by atoms with Crippen LogP contribution in [0.4, 0.5) is 5.95 Å². The number of anilines is 1. The van der Waals surface area contributed by atoms with Gasteiger partial charge >= 0.3 is 0 Å². The molecule has 0 fully saturated rings. The highest BCUT2D eigenvalue weighted by molar-refractivity contribution is 5.89. The van der Waals surface area contributed by atoms with Crippen LogP contribution in [0.1, 0.15) is 17.2 Å².